The largest absolute Gasteiger partial charge is 0.378 e. The van der Waals surface area contributed by atoms with Crippen LogP contribution in [0.4, 0.5) is 0 Å². The monoisotopic (exact) mass is 254 g/mol. The summed E-state index contributed by atoms with van der Waals surface area (Å²) in [7, 11) is 0. The molecule has 2 amide bonds. The highest BCUT2D eigenvalue weighted by Gasteiger charge is 2.26. The molecule has 2 atom stereocenters. The molecule has 0 bridgehead atoms. The standard InChI is InChI=1S/C13H22N2O3/c1-10-8-12(16)14-9-13(17)15(10)6-2-4-11-5-3-7-18-11/h10-11H,2-9H2,1H3,(H,14,16). The van der Waals surface area contributed by atoms with E-state index in [-0.39, 0.29) is 24.4 Å². The van der Waals surface area contributed by atoms with Gasteiger partial charge in [0.15, 0.2) is 0 Å². The first-order chi connectivity index (χ1) is 8.66. The number of hydrogen-bond acceptors (Lipinski definition) is 3. The van der Waals surface area contributed by atoms with Gasteiger partial charge in [-0.2, -0.15) is 0 Å². The van der Waals surface area contributed by atoms with Crippen LogP contribution in [0, 0.1) is 0 Å². The molecule has 0 aromatic carbocycles. The molecule has 0 spiro atoms. The van der Waals surface area contributed by atoms with Crippen LogP contribution in [0.15, 0.2) is 0 Å². The number of carbonyl (C=O) groups is 2. The molecule has 5 nitrogen and oxygen atoms in total. The highest BCUT2D eigenvalue weighted by atomic mass is 16.5. The fourth-order valence-corrected chi connectivity index (χ4v) is 2.68. The molecule has 2 heterocycles. The molecule has 1 N–H and O–H groups in total. The summed E-state index contributed by atoms with van der Waals surface area (Å²) in [6.45, 7) is 3.69. The van der Waals surface area contributed by atoms with Crippen molar-refractivity contribution in [1.29, 1.82) is 0 Å². The van der Waals surface area contributed by atoms with Gasteiger partial charge in [-0.1, -0.05) is 0 Å². The lowest BCUT2D eigenvalue weighted by Gasteiger charge is -2.26. The van der Waals surface area contributed by atoms with E-state index in [2.05, 4.69) is 5.32 Å². The normalized spacial score (nSPS) is 29.3. The van der Waals surface area contributed by atoms with E-state index < -0.39 is 0 Å². The van der Waals surface area contributed by atoms with Crippen molar-refractivity contribution in [3.63, 3.8) is 0 Å². The van der Waals surface area contributed by atoms with Crippen molar-refractivity contribution in [2.75, 3.05) is 19.7 Å². The summed E-state index contributed by atoms with van der Waals surface area (Å²) in [5, 5.41) is 2.63. The first kappa shape index (κ1) is 13.3. The van der Waals surface area contributed by atoms with Gasteiger partial charge in [0.25, 0.3) is 0 Å². The molecule has 0 saturated carbocycles. The van der Waals surface area contributed by atoms with Gasteiger partial charge in [-0.3, -0.25) is 9.59 Å². The number of hydrogen-bond donors (Lipinski definition) is 1. The van der Waals surface area contributed by atoms with E-state index in [0.717, 1.165) is 38.8 Å². The van der Waals surface area contributed by atoms with E-state index in [1.54, 1.807) is 0 Å². The average Bonchev–Trinajstić information content (AvgIpc) is 2.80. The Morgan fingerprint density at radius 2 is 2.28 bits per heavy atom. The van der Waals surface area contributed by atoms with Crippen molar-refractivity contribution < 1.29 is 14.3 Å². The highest BCUT2D eigenvalue weighted by Crippen LogP contribution is 2.18. The van der Waals surface area contributed by atoms with Crippen LogP contribution in [-0.4, -0.2) is 48.6 Å². The summed E-state index contributed by atoms with van der Waals surface area (Å²) in [6.07, 6.45) is 5.05. The zero-order chi connectivity index (χ0) is 13.0. The second-order valence-corrected chi connectivity index (χ2v) is 5.19. The minimum Gasteiger partial charge on any atom is -0.378 e. The molecule has 102 valence electrons. The van der Waals surface area contributed by atoms with Crippen LogP contribution < -0.4 is 5.32 Å². The predicted molar refractivity (Wildman–Crippen MR) is 67.0 cm³/mol. The maximum atomic E-state index is 11.9. The molecule has 2 rings (SSSR count). The first-order valence-corrected chi connectivity index (χ1v) is 6.84. The maximum Gasteiger partial charge on any atom is 0.242 e. The van der Waals surface area contributed by atoms with Crippen LogP contribution in [0.25, 0.3) is 0 Å². The van der Waals surface area contributed by atoms with Gasteiger partial charge in [0.2, 0.25) is 11.8 Å². The summed E-state index contributed by atoms with van der Waals surface area (Å²) < 4.78 is 5.57. The molecule has 0 aliphatic carbocycles. The van der Waals surface area contributed by atoms with Gasteiger partial charge in [-0.05, 0) is 32.6 Å². The van der Waals surface area contributed by atoms with Gasteiger partial charge in [-0.15, -0.1) is 0 Å². The molecule has 2 saturated heterocycles. The zero-order valence-electron chi connectivity index (χ0n) is 11.0. The number of ether oxygens (including phenoxy) is 1. The number of nitrogens with one attached hydrogen (secondary N) is 1. The summed E-state index contributed by atoms with van der Waals surface area (Å²) in [6, 6.07) is 0.00416. The Morgan fingerprint density at radius 3 is 3.00 bits per heavy atom. The quantitative estimate of drug-likeness (QED) is 0.802. The molecular formula is C13H22N2O3. The Morgan fingerprint density at radius 1 is 1.44 bits per heavy atom. The number of nitrogens with zero attached hydrogens (tertiary/aromatic N) is 1. The van der Waals surface area contributed by atoms with Gasteiger partial charge in [0.05, 0.1) is 12.6 Å². The molecule has 18 heavy (non-hydrogen) atoms. The molecule has 0 radical (unpaired) electrons. The SMILES string of the molecule is CC1CC(=O)NCC(=O)N1CCCC1CCCO1. The van der Waals surface area contributed by atoms with Crippen molar-refractivity contribution in [2.24, 2.45) is 0 Å². The molecule has 2 unspecified atom stereocenters. The van der Waals surface area contributed by atoms with Gasteiger partial charge in [0.1, 0.15) is 0 Å². The lowest BCUT2D eigenvalue weighted by molar-refractivity contribution is -0.131. The van der Waals surface area contributed by atoms with Gasteiger partial charge in [-0.25, -0.2) is 0 Å². The van der Waals surface area contributed by atoms with Crippen molar-refractivity contribution >= 4 is 11.8 Å². The van der Waals surface area contributed by atoms with Gasteiger partial charge >= 0.3 is 0 Å². The summed E-state index contributed by atoms with van der Waals surface area (Å²) in [5.74, 6) is -0.00170. The first-order valence-electron chi connectivity index (χ1n) is 6.84. The number of carbonyl (C=O) groups excluding carboxylic acids is 2. The van der Waals surface area contributed by atoms with Gasteiger partial charge < -0.3 is 15.0 Å². The van der Waals surface area contributed by atoms with E-state index in [9.17, 15) is 9.59 Å². The van der Waals surface area contributed by atoms with Crippen LogP contribution >= 0.6 is 0 Å². The predicted octanol–water partition coefficient (Wildman–Crippen LogP) is 0.683. The molecule has 5 heteroatoms. The minimum atomic E-state index is -0.0301. The zero-order valence-corrected chi connectivity index (χ0v) is 11.0. The summed E-state index contributed by atoms with van der Waals surface area (Å²) in [4.78, 5) is 25.1. The topological polar surface area (TPSA) is 58.6 Å². The van der Waals surface area contributed by atoms with Crippen LogP contribution in [0.1, 0.15) is 39.0 Å². The van der Waals surface area contributed by atoms with E-state index in [4.69, 9.17) is 4.74 Å². The van der Waals surface area contributed by atoms with Crippen LogP contribution in [-0.2, 0) is 14.3 Å². The molecule has 2 aliphatic heterocycles. The Kier molecular flexibility index (Phi) is 4.58. The van der Waals surface area contributed by atoms with Crippen molar-refractivity contribution in [3.05, 3.63) is 0 Å². The average molecular weight is 254 g/mol. The summed E-state index contributed by atoms with van der Waals surface area (Å²) in [5.41, 5.74) is 0. The lowest BCUT2D eigenvalue weighted by Crippen LogP contribution is -2.40. The second-order valence-electron chi connectivity index (χ2n) is 5.19. The van der Waals surface area contributed by atoms with E-state index >= 15 is 0 Å². The third-order valence-corrected chi connectivity index (χ3v) is 3.72. The lowest BCUT2D eigenvalue weighted by atomic mass is 10.1. The maximum absolute atomic E-state index is 11.9. The second kappa shape index (κ2) is 6.18. The fourth-order valence-electron chi connectivity index (χ4n) is 2.68. The Hall–Kier alpha value is -1.10. The van der Waals surface area contributed by atoms with Crippen LogP contribution in [0.2, 0.25) is 0 Å². The van der Waals surface area contributed by atoms with E-state index in [0.29, 0.717) is 12.5 Å². The smallest absolute Gasteiger partial charge is 0.242 e. The van der Waals surface area contributed by atoms with Crippen molar-refractivity contribution in [3.8, 4) is 0 Å². The van der Waals surface area contributed by atoms with Crippen molar-refractivity contribution in [2.45, 2.75) is 51.2 Å². The Bertz CT molecular complexity index is 313. The third-order valence-electron chi connectivity index (χ3n) is 3.72. The third kappa shape index (κ3) is 3.45. The van der Waals surface area contributed by atoms with Crippen LogP contribution in [0.5, 0.6) is 0 Å². The molecule has 0 aromatic rings. The fraction of sp³-hybridized carbons (Fsp3) is 0.846. The summed E-state index contributed by atoms with van der Waals surface area (Å²) >= 11 is 0. The van der Waals surface area contributed by atoms with Crippen LogP contribution in [0.3, 0.4) is 0 Å². The number of amides is 2. The van der Waals surface area contributed by atoms with E-state index in [1.165, 1.54) is 0 Å². The Balaban J connectivity index is 1.78. The Labute approximate surface area is 108 Å². The van der Waals surface area contributed by atoms with Gasteiger partial charge in [0, 0.05) is 25.6 Å². The molecule has 0 aromatic heterocycles. The molecular weight excluding hydrogens is 232 g/mol. The number of rotatable bonds is 4. The minimum absolute atomic E-state index is 0.00416. The molecule has 2 aliphatic rings. The highest BCUT2D eigenvalue weighted by molar-refractivity contribution is 5.87. The van der Waals surface area contributed by atoms with Crippen molar-refractivity contribution in [1.82, 2.24) is 10.2 Å². The van der Waals surface area contributed by atoms with E-state index in [1.807, 2.05) is 11.8 Å². The molecule has 2 fully saturated rings.